The van der Waals surface area contributed by atoms with Gasteiger partial charge in [0.2, 0.25) is 10.0 Å². The number of nitrogens with one attached hydrogen (secondary N) is 1. The summed E-state index contributed by atoms with van der Waals surface area (Å²) in [5.74, 6) is 1.87. The van der Waals surface area contributed by atoms with E-state index in [1.807, 2.05) is 11.8 Å². The molecule has 3 rings (SSSR count). The molecule has 1 amide bonds. The van der Waals surface area contributed by atoms with Crippen molar-refractivity contribution in [2.75, 3.05) is 38.2 Å². The first-order chi connectivity index (χ1) is 12.5. The molecule has 0 radical (unpaired) electrons. The summed E-state index contributed by atoms with van der Waals surface area (Å²) >= 11 is 1.90. The molecule has 0 unspecified atom stereocenters. The Balaban J connectivity index is 1.63. The van der Waals surface area contributed by atoms with E-state index in [1.165, 1.54) is 16.4 Å². The SMILES string of the molecule is COC1(CNC(=O)c2ccc(S(=O)(=O)N3CCCC3)cc2)CCSCC1. The van der Waals surface area contributed by atoms with Crippen LogP contribution < -0.4 is 5.32 Å². The molecule has 0 atom stereocenters. The number of carbonyl (C=O) groups is 1. The normalized spacial score (nSPS) is 20.8. The summed E-state index contributed by atoms with van der Waals surface area (Å²) in [6, 6.07) is 6.20. The van der Waals surface area contributed by atoms with Gasteiger partial charge in [-0.3, -0.25) is 4.79 Å². The van der Waals surface area contributed by atoms with E-state index in [9.17, 15) is 13.2 Å². The van der Waals surface area contributed by atoms with E-state index in [4.69, 9.17) is 4.74 Å². The van der Waals surface area contributed by atoms with Crippen molar-refractivity contribution >= 4 is 27.7 Å². The number of rotatable bonds is 6. The molecular weight excluding hydrogens is 372 g/mol. The topological polar surface area (TPSA) is 75.7 Å². The van der Waals surface area contributed by atoms with Crippen LogP contribution in [-0.2, 0) is 14.8 Å². The van der Waals surface area contributed by atoms with Gasteiger partial charge >= 0.3 is 0 Å². The van der Waals surface area contributed by atoms with Crippen molar-refractivity contribution in [1.82, 2.24) is 9.62 Å². The summed E-state index contributed by atoms with van der Waals surface area (Å²) in [7, 11) is -1.75. The molecule has 0 spiro atoms. The van der Waals surface area contributed by atoms with E-state index >= 15 is 0 Å². The van der Waals surface area contributed by atoms with Gasteiger partial charge in [0.1, 0.15) is 0 Å². The molecule has 0 aromatic heterocycles. The predicted molar refractivity (Wildman–Crippen MR) is 103 cm³/mol. The van der Waals surface area contributed by atoms with E-state index in [0.29, 0.717) is 25.2 Å². The van der Waals surface area contributed by atoms with Crippen LogP contribution in [0.1, 0.15) is 36.0 Å². The van der Waals surface area contributed by atoms with Gasteiger partial charge in [0.15, 0.2) is 0 Å². The molecule has 0 bridgehead atoms. The predicted octanol–water partition coefficient (Wildman–Crippen LogP) is 2.11. The molecule has 8 heteroatoms. The number of thioether (sulfide) groups is 1. The average molecular weight is 399 g/mol. The number of carbonyl (C=O) groups excluding carboxylic acids is 1. The summed E-state index contributed by atoms with van der Waals surface area (Å²) in [5.41, 5.74) is 0.168. The monoisotopic (exact) mass is 398 g/mol. The van der Waals surface area contributed by atoms with Crippen molar-refractivity contribution in [2.24, 2.45) is 0 Å². The highest BCUT2D eigenvalue weighted by Gasteiger charge is 2.32. The van der Waals surface area contributed by atoms with Gasteiger partial charge in [0, 0.05) is 32.3 Å². The minimum absolute atomic E-state index is 0.204. The van der Waals surface area contributed by atoms with Crippen LogP contribution in [0.3, 0.4) is 0 Å². The van der Waals surface area contributed by atoms with Crippen molar-refractivity contribution in [2.45, 2.75) is 36.2 Å². The number of benzene rings is 1. The number of nitrogens with zero attached hydrogens (tertiary/aromatic N) is 1. The van der Waals surface area contributed by atoms with Gasteiger partial charge in [-0.25, -0.2) is 8.42 Å². The largest absolute Gasteiger partial charge is 0.376 e. The van der Waals surface area contributed by atoms with Crippen LogP contribution >= 0.6 is 11.8 Å². The zero-order valence-electron chi connectivity index (χ0n) is 15.1. The van der Waals surface area contributed by atoms with Crippen LogP contribution in [-0.4, -0.2) is 62.5 Å². The van der Waals surface area contributed by atoms with E-state index < -0.39 is 10.0 Å². The highest BCUT2D eigenvalue weighted by atomic mass is 32.2. The highest BCUT2D eigenvalue weighted by Crippen LogP contribution is 2.29. The molecule has 2 heterocycles. The molecule has 0 saturated carbocycles. The van der Waals surface area contributed by atoms with Crippen molar-refractivity contribution in [3.8, 4) is 0 Å². The van der Waals surface area contributed by atoms with E-state index in [-0.39, 0.29) is 16.4 Å². The van der Waals surface area contributed by atoms with Crippen LogP contribution in [0, 0.1) is 0 Å². The molecule has 26 heavy (non-hydrogen) atoms. The summed E-state index contributed by atoms with van der Waals surface area (Å²) in [4.78, 5) is 12.7. The zero-order chi connectivity index (χ0) is 18.6. The lowest BCUT2D eigenvalue weighted by Crippen LogP contribution is -2.46. The first kappa shape index (κ1) is 19.7. The third kappa shape index (κ3) is 4.24. The molecule has 144 valence electrons. The van der Waals surface area contributed by atoms with Gasteiger partial charge in [-0.1, -0.05) is 0 Å². The Morgan fingerprint density at radius 1 is 1.19 bits per heavy atom. The van der Waals surface area contributed by atoms with E-state index in [1.54, 1.807) is 19.2 Å². The third-order valence-electron chi connectivity index (χ3n) is 5.23. The molecule has 2 aliphatic heterocycles. The number of methoxy groups -OCH3 is 1. The van der Waals surface area contributed by atoms with Crippen LogP contribution in [0.15, 0.2) is 29.2 Å². The Kier molecular flexibility index (Phi) is 6.27. The second-order valence-corrected chi connectivity index (χ2v) is 9.98. The second kappa shape index (κ2) is 8.29. The molecular formula is C18H26N2O4S2. The fourth-order valence-electron chi connectivity index (χ4n) is 3.40. The summed E-state index contributed by atoms with van der Waals surface area (Å²) in [6.45, 7) is 1.61. The van der Waals surface area contributed by atoms with E-state index in [2.05, 4.69) is 5.32 Å². The van der Waals surface area contributed by atoms with Crippen LogP contribution in [0.5, 0.6) is 0 Å². The molecule has 1 aromatic rings. The lowest BCUT2D eigenvalue weighted by Gasteiger charge is -2.35. The number of amides is 1. The van der Waals surface area contributed by atoms with Crippen LogP contribution in [0.4, 0.5) is 0 Å². The maximum absolute atomic E-state index is 12.5. The smallest absolute Gasteiger partial charge is 0.251 e. The Labute approximate surface area is 159 Å². The Bertz CT molecular complexity index is 722. The van der Waals surface area contributed by atoms with E-state index in [0.717, 1.165) is 37.2 Å². The van der Waals surface area contributed by atoms with Gasteiger partial charge in [-0.15, -0.1) is 0 Å². The summed E-state index contributed by atoms with van der Waals surface area (Å²) < 4.78 is 32.2. The Hall–Kier alpha value is -1.09. The second-order valence-electron chi connectivity index (χ2n) is 6.82. The standard InChI is InChI=1S/C18H26N2O4S2/c1-24-18(8-12-25-13-9-18)14-19-17(21)15-4-6-16(7-5-15)26(22,23)20-10-2-3-11-20/h4-7H,2-3,8-14H2,1H3,(H,19,21). The number of ether oxygens (including phenoxy) is 1. The van der Waals surface area contributed by atoms with Crippen molar-refractivity contribution in [3.05, 3.63) is 29.8 Å². The van der Waals surface area contributed by atoms with Crippen LogP contribution in [0.2, 0.25) is 0 Å². The van der Waals surface area contributed by atoms with Crippen molar-refractivity contribution in [1.29, 1.82) is 0 Å². The van der Waals surface area contributed by atoms with Crippen molar-refractivity contribution in [3.63, 3.8) is 0 Å². The maximum atomic E-state index is 12.5. The van der Waals surface area contributed by atoms with Crippen LogP contribution in [0.25, 0.3) is 0 Å². The molecule has 1 N–H and O–H groups in total. The van der Waals surface area contributed by atoms with Gasteiger partial charge in [-0.2, -0.15) is 16.1 Å². The van der Waals surface area contributed by atoms with Gasteiger partial charge in [-0.05, 0) is 61.5 Å². The maximum Gasteiger partial charge on any atom is 0.251 e. The fraction of sp³-hybridized carbons (Fsp3) is 0.611. The quantitative estimate of drug-likeness (QED) is 0.794. The third-order valence-corrected chi connectivity index (χ3v) is 8.13. The lowest BCUT2D eigenvalue weighted by atomic mass is 9.96. The molecule has 1 aromatic carbocycles. The molecule has 2 fully saturated rings. The number of hydrogen-bond acceptors (Lipinski definition) is 5. The van der Waals surface area contributed by atoms with Gasteiger partial charge in [0.05, 0.1) is 10.5 Å². The lowest BCUT2D eigenvalue weighted by molar-refractivity contribution is -0.0149. The summed E-state index contributed by atoms with van der Waals surface area (Å²) in [6.07, 6.45) is 3.64. The minimum atomic E-state index is -3.45. The number of hydrogen-bond donors (Lipinski definition) is 1. The Morgan fingerprint density at radius 2 is 1.81 bits per heavy atom. The van der Waals surface area contributed by atoms with Crippen molar-refractivity contribution < 1.29 is 17.9 Å². The number of sulfonamides is 1. The molecule has 6 nitrogen and oxygen atoms in total. The molecule has 2 aliphatic rings. The molecule has 2 saturated heterocycles. The molecule has 0 aliphatic carbocycles. The summed E-state index contributed by atoms with van der Waals surface area (Å²) in [5, 5.41) is 2.94. The first-order valence-corrected chi connectivity index (χ1v) is 11.6. The zero-order valence-corrected chi connectivity index (χ0v) is 16.7. The first-order valence-electron chi connectivity index (χ1n) is 8.98. The van der Waals surface area contributed by atoms with Gasteiger partial charge < -0.3 is 10.1 Å². The average Bonchev–Trinajstić information content (AvgIpc) is 3.23. The Morgan fingerprint density at radius 3 is 2.38 bits per heavy atom. The highest BCUT2D eigenvalue weighted by molar-refractivity contribution is 7.99. The van der Waals surface area contributed by atoms with Gasteiger partial charge in [0.25, 0.3) is 5.91 Å². The fourth-order valence-corrected chi connectivity index (χ4v) is 6.15. The minimum Gasteiger partial charge on any atom is -0.376 e.